The topological polar surface area (TPSA) is 59.4 Å². The molecule has 0 aliphatic carbocycles. The van der Waals surface area contributed by atoms with E-state index < -0.39 is 0 Å². The minimum atomic E-state index is -0.00774. The Bertz CT molecular complexity index is 1050. The Kier molecular flexibility index (Phi) is 7.55. The van der Waals surface area contributed by atoms with Gasteiger partial charge in [0.05, 0.1) is 11.3 Å². The minimum absolute atomic E-state index is 0.00774. The van der Waals surface area contributed by atoms with E-state index in [9.17, 15) is 10.1 Å². The largest absolute Gasteiger partial charge is 0.368 e. The third-order valence-corrected chi connectivity index (χ3v) is 6.61. The summed E-state index contributed by atoms with van der Waals surface area (Å²) in [5.74, 6) is -0.00774. The van der Waals surface area contributed by atoms with Gasteiger partial charge in [-0.1, -0.05) is 24.3 Å². The molecule has 3 aromatic rings. The molecule has 1 aliphatic heterocycles. The molecule has 0 radical (unpaired) electrons. The number of nitrogens with zero attached hydrogens (tertiary/aromatic N) is 3. The lowest BCUT2D eigenvalue weighted by Gasteiger charge is -2.36. The van der Waals surface area contributed by atoms with Gasteiger partial charge in [-0.25, -0.2) is 0 Å². The van der Waals surface area contributed by atoms with Crippen molar-refractivity contribution in [2.45, 2.75) is 12.8 Å². The van der Waals surface area contributed by atoms with Crippen molar-refractivity contribution in [1.82, 2.24) is 10.2 Å². The summed E-state index contributed by atoms with van der Waals surface area (Å²) in [5.41, 5.74) is 4.83. The number of carbonyl (C=O) groups is 1. The molecule has 2 aromatic carbocycles. The third kappa shape index (κ3) is 5.56. The lowest BCUT2D eigenvalue weighted by Crippen LogP contribution is -2.46. The van der Waals surface area contributed by atoms with E-state index in [0.29, 0.717) is 12.1 Å². The van der Waals surface area contributed by atoms with Crippen molar-refractivity contribution in [3.8, 4) is 17.2 Å². The molecule has 1 fully saturated rings. The Morgan fingerprint density at radius 3 is 2.47 bits per heavy atom. The maximum Gasteiger partial charge on any atom is 0.251 e. The van der Waals surface area contributed by atoms with Gasteiger partial charge in [-0.2, -0.15) is 16.6 Å². The molecule has 164 valence electrons. The van der Waals surface area contributed by atoms with Gasteiger partial charge in [0.2, 0.25) is 0 Å². The predicted molar refractivity (Wildman–Crippen MR) is 131 cm³/mol. The molecule has 4 rings (SSSR count). The average Bonchev–Trinajstić information content (AvgIpc) is 3.39. The van der Waals surface area contributed by atoms with Gasteiger partial charge in [-0.05, 0) is 71.6 Å². The zero-order valence-electron chi connectivity index (χ0n) is 18.2. The normalized spacial score (nSPS) is 14.2. The second-order valence-corrected chi connectivity index (χ2v) is 8.79. The highest BCUT2D eigenvalue weighted by atomic mass is 32.1. The number of piperazine rings is 1. The van der Waals surface area contributed by atoms with Crippen LogP contribution in [0.1, 0.15) is 28.8 Å². The van der Waals surface area contributed by atoms with Gasteiger partial charge in [-0.15, -0.1) is 0 Å². The van der Waals surface area contributed by atoms with Crippen LogP contribution in [0.15, 0.2) is 65.4 Å². The van der Waals surface area contributed by atoms with Crippen LogP contribution in [0.2, 0.25) is 0 Å². The van der Waals surface area contributed by atoms with Crippen LogP contribution in [0.4, 0.5) is 5.69 Å². The van der Waals surface area contributed by atoms with Gasteiger partial charge >= 0.3 is 0 Å². The highest BCUT2D eigenvalue weighted by molar-refractivity contribution is 7.08. The van der Waals surface area contributed by atoms with Crippen LogP contribution in [0.5, 0.6) is 0 Å². The summed E-state index contributed by atoms with van der Waals surface area (Å²) in [7, 11) is 0. The monoisotopic (exact) mass is 444 g/mol. The van der Waals surface area contributed by atoms with E-state index in [2.05, 4.69) is 38.0 Å². The van der Waals surface area contributed by atoms with Crippen LogP contribution in [-0.2, 0) is 0 Å². The highest BCUT2D eigenvalue weighted by Gasteiger charge is 2.18. The quantitative estimate of drug-likeness (QED) is 0.515. The van der Waals surface area contributed by atoms with Gasteiger partial charge in [-0.3, -0.25) is 9.69 Å². The van der Waals surface area contributed by atoms with E-state index in [0.717, 1.165) is 62.4 Å². The summed E-state index contributed by atoms with van der Waals surface area (Å²) in [4.78, 5) is 17.2. The van der Waals surface area contributed by atoms with Crippen molar-refractivity contribution in [3.63, 3.8) is 0 Å². The zero-order chi connectivity index (χ0) is 22.2. The lowest BCUT2D eigenvalue weighted by molar-refractivity contribution is 0.0952. The van der Waals surface area contributed by atoms with Crippen molar-refractivity contribution in [3.05, 3.63) is 76.5 Å². The summed E-state index contributed by atoms with van der Waals surface area (Å²) in [6.45, 7) is 5.62. The molecular weight excluding hydrogens is 416 g/mol. The molecule has 0 atom stereocenters. The lowest BCUT2D eigenvalue weighted by atomic mass is 10.1. The van der Waals surface area contributed by atoms with Gasteiger partial charge in [0.25, 0.3) is 5.91 Å². The predicted octanol–water partition coefficient (Wildman–Crippen LogP) is 4.62. The first-order valence-corrected chi connectivity index (χ1v) is 12.1. The van der Waals surface area contributed by atoms with Crippen molar-refractivity contribution in [2.75, 3.05) is 44.2 Å². The van der Waals surface area contributed by atoms with E-state index >= 15 is 0 Å². The van der Waals surface area contributed by atoms with Crippen LogP contribution >= 0.6 is 11.3 Å². The maximum absolute atomic E-state index is 12.4. The summed E-state index contributed by atoms with van der Waals surface area (Å²) in [6, 6.07) is 20.0. The van der Waals surface area contributed by atoms with Gasteiger partial charge in [0.15, 0.2) is 0 Å². The summed E-state index contributed by atoms with van der Waals surface area (Å²) in [5, 5.41) is 16.5. The molecule has 0 bridgehead atoms. The number of hydrogen-bond donors (Lipinski definition) is 1. The van der Waals surface area contributed by atoms with E-state index in [1.54, 1.807) is 11.3 Å². The molecule has 1 saturated heterocycles. The number of para-hydroxylation sites is 1. The zero-order valence-corrected chi connectivity index (χ0v) is 19.0. The van der Waals surface area contributed by atoms with Crippen LogP contribution in [0.3, 0.4) is 0 Å². The van der Waals surface area contributed by atoms with Gasteiger partial charge < -0.3 is 10.2 Å². The molecule has 2 heterocycles. The minimum Gasteiger partial charge on any atom is -0.368 e. The summed E-state index contributed by atoms with van der Waals surface area (Å²) >= 11 is 1.67. The fourth-order valence-electron chi connectivity index (χ4n) is 4.06. The second kappa shape index (κ2) is 10.9. The number of rotatable bonds is 8. The molecule has 32 heavy (non-hydrogen) atoms. The van der Waals surface area contributed by atoms with Crippen molar-refractivity contribution >= 4 is 22.9 Å². The smallest absolute Gasteiger partial charge is 0.251 e. The SMILES string of the molecule is N#Cc1ccccc1N1CCN(CCCCNC(=O)c2ccc(-c3ccsc3)cc2)CC1. The first kappa shape index (κ1) is 22.1. The van der Waals surface area contributed by atoms with Crippen LogP contribution < -0.4 is 10.2 Å². The number of amides is 1. The van der Waals surface area contributed by atoms with E-state index in [4.69, 9.17) is 0 Å². The van der Waals surface area contributed by atoms with Crippen LogP contribution in [0.25, 0.3) is 11.1 Å². The number of hydrogen-bond acceptors (Lipinski definition) is 5. The molecule has 1 aromatic heterocycles. The Labute approximate surface area is 193 Å². The molecule has 5 nitrogen and oxygen atoms in total. The number of anilines is 1. The average molecular weight is 445 g/mol. The fraction of sp³-hybridized carbons (Fsp3) is 0.308. The molecule has 1 N–H and O–H groups in total. The van der Waals surface area contributed by atoms with Crippen molar-refractivity contribution in [2.24, 2.45) is 0 Å². The third-order valence-electron chi connectivity index (χ3n) is 5.93. The van der Waals surface area contributed by atoms with E-state index in [-0.39, 0.29) is 5.91 Å². The van der Waals surface area contributed by atoms with Crippen molar-refractivity contribution < 1.29 is 4.79 Å². The van der Waals surface area contributed by atoms with Gasteiger partial charge in [0.1, 0.15) is 6.07 Å². The Morgan fingerprint density at radius 1 is 0.969 bits per heavy atom. The molecule has 1 aliphatic rings. The second-order valence-electron chi connectivity index (χ2n) is 8.01. The Morgan fingerprint density at radius 2 is 1.75 bits per heavy atom. The molecule has 0 saturated carbocycles. The molecule has 6 heteroatoms. The van der Waals surface area contributed by atoms with Crippen molar-refractivity contribution in [1.29, 1.82) is 5.26 Å². The summed E-state index contributed by atoms with van der Waals surface area (Å²) < 4.78 is 0. The molecule has 0 spiro atoms. The number of thiophene rings is 1. The number of nitriles is 1. The maximum atomic E-state index is 12.4. The number of carbonyl (C=O) groups excluding carboxylic acids is 1. The Hall–Kier alpha value is -3.14. The van der Waals surface area contributed by atoms with E-state index in [1.165, 1.54) is 5.56 Å². The highest BCUT2D eigenvalue weighted by Crippen LogP contribution is 2.23. The summed E-state index contributed by atoms with van der Waals surface area (Å²) in [6.07, 6.45) is 2.03. The standard InChI is InChI=1S/C26H28N4OS/c27-19-23-5-1-2-6-25(23)30-16-14-29(15-17-30)13-4-3-12-28-26(31)22-9-7-21(8-10-22)24-11-18-32-20-24/h1-2,5-11,18,20H,3-4,12-17H2,(H,28,31). The van der Waals surface area contributed by atoms with Crippen LogP contribution in [-0.4, -0.2) is 50.1 Å². The number of nitrogens with one attached hydrogen (secondary N) is 1. The number of benzene rings is 2. The van der Waals surface area contributed by atoms with Crippen LogP contribution in [0, 0.1) is 11.3 Å². The molecule has 0 unspecified atom stereocenters. The first-order chi connectivity index (χ1) is 15.7. The molecule has 1 amide bonds. The van der Waals surface area contributed by atoms with E-state index in [1.807, 2.05) is 48.5 Å². The molecular formula is C26H28N4OS. The fourth-order valence-corrected chi connectivity index (χ4v) is 4.73. The number of unbranched alkanes of at least 4 members (excludes halogenated alkanes) is 1. The first-order valence-electron chi connectivity index (χ1n) is 11.1. The Balaban J connectivity index is 1.14. The van der Waals surface area contributed by atoms with Gasteiger partial charge in [0, 0.05) is 38.3 Å².